The second-order valence-electron chi connectivity index (χ2n) is 3.93. The van der Waals surface area contributed by atoms with Gasteiger partial charge in [0, 0.05) is 6.21 Å². The van der Waals surface area contributed by atoms with Crippen molar-refractivity contribution >= 4 is 29.6 Å². The zero-order chi connectivity index (χ0) is 12.7. The lowest BCUT2D eigenvalue weighted by Gasteiger charge is -2.04. The maximum absolute atomic E-state index is 5.21. The predicted octanol–water partition coefficient (Wildman–Crippen LogP) is 2.64. The standard InChI is InChI=1S/C13H17N3S/c1-10(2)12-7-5-11(6-8-12)4-3-9-15-16-13(14)17/h3-10H,1-2H3,(H3,14,16,17)/b4-3+,15-9+. The van der Waals surface area contributed by atoms with Crippen molar-refractivity contribution in [1.82, 2.24) is 5.43 Å². The molecule has 0 radical (unpaired) electrons. The number of allylic oxidation sites excluding steroid dienone is 1. The van der Waals surface area contributed by atoms with Crippen LogP contribution in [0.25, 0.3) is 6.08 Å². The van der Waals surface area contributed by atoms with Gasteiger partial charge in [-0.15, -0.1) is 0 Å². The number of hydrogen-bond donors (Lipinski definition) is 2. The van der Waals surface area contributed by atoms with Crippen LogP contribution in [-0.2, 0) is 0 Å². The van der Waals surface area contributed by atoms with E-state index >= 15 is 0 Å². The van der Waals surface area contributed by atoms with Crippen LogP contribution in [0.15, 0.2) is 35.4 Å². The van der Waals surface area contributed by atoms with E-state index in [1.165, 1.54) is 5.56 Å². The van der Waals surface area contributed by atoms with Gasteiger partial charge in [-0.2, -0.15) is 5.10 Å². The van der Waals surface area contributed by atoms with Crippen molar-refractivity contribution in [2.45, 2.75) is 19.8 Å². The Morgan fingerprint density at radius 3 is 2.53 bits per heavy atom. The molecule has 4 heteroatoms. The Kier molecular flexibility index (Phi) is 5.36. The first-order chi connectivity index (χ1) is 8.09. The van der Waals surface area contributed by atoms with Crippen LogP contribution in [-0.4, -0.2) is 11.3 Å². The van der Waals surface area contributed by atoms with Crippen LogP contribution in [0.1, 0.15) is 30.9 Å². The Morgan fingerprint density at radius 1 is 1.35 bits per heavy atom. The van der Waals surface area contributed by atoms with E-state index in [0.717, 1.165) is 5.56 Å². The zero-order valence-corrected chi connectivity index (χ0v) is 10.9. The normalized spacial score (nSPS) is 11.5. The lowest BCUT2D eigenvalue weighted by atomic mass is 10.0. The van der Waals surface area contributed by atoms with Gasteiger partial charge in [0.25, 0.3) is 0 Å². The summed E-state index contributed by atoms with van der Waals surface area (Å²) in [6.07, 6.45) is 5.40. The van der Waals surface area contributed by atoms with E-state index in [9.17, 15) is 0 Å². The highest BCUT2D eigenvalue weighted by Crippen LogP contribution is 2.15. The molecule has 0 fully saturated rings. The first kappa shape index (κ1) is 13.4. The van der Waals surface area contributed by atoms with Crippen LogP contribution < -0.4 is 11.2 Å². The molecule has 3 N–H and O–H groups in total. The number of hydrazone groups is 1. The molecule has 0 amide bonds. The van der Waals surface area contributed by atoms with Crippen molar-refractivity contribution in [1.29, 1.82) is 0 Å². The fraction of sp³-hybridized carbons (Fsp3) is 0.231. The smallest absolute Gasteiger partial charge is 0.184 e. The molecule has 0 unspecified atom stereocenters. The minimum atomic E-state index is 0.163. The summed E-state index contributed by atoms with van der Waals surface area (Å²) >= 11 is 4.61. The average molecular weight is 247 g/mol. The highest BCUT2D eigenvalue weighted by atomic mass is 32.1. The van der Waals surface area contributed by atoms with E-state index < -0.39 is 0 Å². The van der Waals surface area contributed by atoms with Crippen LogP contribution in [0.2, 0.25) is 0 Å². The molecular formula is C13H17N3S. The fourth-order valence-electron chi connectivity index (χ4n) is 1.29. The molecule has 1 aromatic carbocycles. The number of nitrogens with zero attached hydrogens (tertiary/aromatic N) is 1. The molecular weight excluding hydrogens is 230 g/mol. The van der Waals surface area contributed by atoms with Gasteiger partial charge >= 0.3 is 0 Å². The van der Waals surface area contributed by atoms with Crippen molar-refractivity contribution in [3.63, 3.8) is 0 Å². The Balaban J connectivity index is 2.54. The lowest BCUT2D eigenvalue weighted by molar-refractivity contribution is 0.866. The Hall–Kier alpha value is -1.68. The van der Waals surface area contributed by atoms with Crippen LogP contribution in [0.5, 0.6) is 0 Å². The van der Waals surface area contributed by atoms with E-state index in [0.29, 0.717) is 5.92 Å². The van der Waals surface area contributed by atoms with Crippen LogP contribution in [0, 0.1) is 0 Å². The summed E-state index contributed by atoms with van der Waals surface area (Å²) in [7, 11) is 0. The van der Waals surface area contributed by atoms with Crippen molar-refractivity contribution in [2.24, 2.45) is 10.8 Å². The molecule has 90 valence electrons. The van der Waals surface area contributed by atoms with Gasteiger partial charge in [0.05, 0.1) is 0 Å². The third-order valence-corrected chi connectivity index (χ3v) is 2.32. The van der Waals surface area contributed by atoms with Crippen molar-refractivity contribution in [2.75, 3.05) is 0 Å². The summed E-state index contributed by atoms with van der Waals surface area (Å²) < 4.78 is 0. The monoisotopic (exact) mass is 247 g/mol. The largest absolute Gasteiger partial charge is 0.375 e. The third-order valence-electron chi connectivity index (χ3n) is 2.23. The van der Waals surface area contributed by atoms with E-state index in [-0.39, 0.29) is 5.11 Å². The number of hydrogen-bond acceptors (Lipinski definition) is 2. The van der Waals surface area contributed by atoms with Gasteiger partial charge in [0.15, 0.2) is 5.11 Å². The van der Waals surface area contributed by atoms with Gasteiger partial charge in [-0.1, -0.05) is 44.2 Å². The fourth-order valence-corrected chi connectivity index (χ4v) is 1.34. The Labute approximate surface area is 107 Å². The predicted molar refractivity (Wildman–Crippen MR) is 78.0 cm³/mol. The molecule has 17 heavy (non-hydrogen) atoms. The number of rotatable bonds is 4. The molecule has 0 aliphatic carbocycles. The van der Waals surface area contributed by atoms with Crippen molar-refractivity contribution in [3.05, 3.63) is 41.5 Å². The quantitative estimate of drug-likeness (QED) is 0.488. The number of nitrogens with one attached hydrogen (secondary N) is 1. The van der Waals surface area contributed by atoms with Gasteiger partial charge < -0.3 is 5.73 Å². The van der Waals surface area contributed by atoms with Crippen LogP contribution in [0.3, 0.4) is 0 Å². The molecule has 0 aliphatic heterocycles. The van der Waals surface area contributed by atoms with Crippen molar-refractivity contribution < 1.29 is 0 Å². The summed E-state index contributed by atoms with van der Waals surface area (Å²) in [4.78, 5) is 0. The average Bonchev–Trinajstić information content (AvgIpc) is 2.29. The topological polar surface area (TPSA) is 50.4 Å². The first-order valence-electron chi connectivity index (χ1n) is 5.44. The number of benzene rings is 1. The number of thiocarbonyl (C=S) groups is 1. The van der Waals surface area contributed by atoms with Gasteiger partial charge in [-0.25, -0.2) is 0 Å². The molecule has 1 aromatic rings. The van der Waals surface area contributed by atoms with Crippen molar-refractivity contribution in [3.8, 4) is 0 Å². The van der Waals surface area contributed by atoms with E-state index in [1.807, 2.05) is 12.2 Å². The molecule has 0 bridgehead atoms. The molecule has 3 nitrogen and oxygen atoms in total. The van der Waals surface area contributed by atoms with Crippen LogP contribution in [0.4, 0.5) is 0 Å². The number of nitrogens with two attached hydrogens (primary N) is 1. The van der Waals surface area contributed by atoms with E-state index in [4.69, 9.17) is 5.73 Å². The summed E-state index contributed by atoms with van der Waals surface area (Å²) in [6.45, 7) is 4.36. The molecule has 0 atom stereocenters. The summed E-state index contributed by atoms with van der Waals surface area (Å²) in [5, 5.41) is 3.97. The summed E-state index contributed by atoms with van der Waals surface area (Å²) in [5.41, 5.74) is 10.2. The van der Waals surface area contributed by atoms with Gasteiger partial charge in [-0.3, -0.25) is 5.43 Å². The molecule has 0 saturated carbocycles. The molecule has 0 aliphatic rings. The molecule has 0 spiro atoms. The maximum atomic E-state index is 5.21. The summed E-state index contributed by atoms with van der Waals surface area (Å²) in [6, 6.07) is 8.44. The molecule has 0 aromatic heterocycles. The van der Waals surface area contributed by atoms with Crippen LogP contribution >= 0.6 is 12.2 Å². The minimum Gasteiger partial charge on any atom is -0.375 e. The minimum absolute atomic E-state index is 0.163. The Morgan fingerprint density at radius 2 is 2.00 bits per heavy atom. The molecule has 0 saturated heterocycles. The molecule has 1 rings (SSSR count). The Bertz CT molecular complexity index is 419. The van der Waals surface area contributed by atoms with Gasteiger partial charge in [0.2, 0.25) is 0 Å². The van der Waals surface area contributed by atoms with Gasteiger partial charge in [-0.05, 0) is 35.3 Å². The molecule has 0 heterocycles. The maximum Gasteiger partial charge on any atom is 0.184 e. The zero-order valence-electron chi connectivity index (χ0n) is 10.1. The van der Waals surface area contributed by atoms with E-state index in [1.54, 1.807) is 6.21 Å². The first-order valence-corrected chi connectivity index (χ1v) is 5.85. The lowest BCUT2D eigenvalue weighted by Crippen LogP contribution is -2.23. The highest BCUT2D eigenvalue weighted by Gasteiger charge is 1.96. The summed E-state index contributed by atoms with van der Waals surface area (Å²) in [5.74, 6) is 0.560. The SMILES string of the molecule is CC(C)c1ccc(/C=C/C=N/NC(N)=S)cc1. The van der Waals surface area contributed by atoms with E-state index in [2.05, 4.69) is 60.9 Å². The third kappa shape index (κ3) is 5.26. The van der Waals surface area contributed by atoms with Gasteiger partial charge in [0.1, 0.15) is 0 Å². The second kappa shape index (κ2) is 6.81. The second-order valence-corrected chi connectivity index (χ2v) is 4.37. The highest BCUT2D eigenvalue weighted by molar-refractivity contribution is 7.80.